The minimum Gasteiger partial charge on any atom is -0.478 e. The number of benzene rings is 2. The zero-order valence-electron chi connectivity index (χ0n) is 20.0. The van der Waals surface area contributed by atoms with Crippen molar-refractivity contribution in [2.24, 2.45) is 10.8 Å². The van der Waals surface area contributed by atoms with Crippen LogP contribution in [0.4, 0.5) is 5.69 Å². The number of hydrazone groups is 1. The molecule has 0 bridgehead atoms. The van der Waals surface area contributed by atoms with Crippen molar-refractivity contribution in [1.29, 1.82) is 0 Å². The summed E-state index contributed by atoms with van der Waals surface area (Å²) in [4.78, 5) is 49.4. The average Bonchev–Trinajstić information content (AvgIpc) is 3.33. The number of primary amides is 1. The van der Waals surface area contributed by atoms with E-state index in [4.69, 9.17) is 20.7 Å². The van der Waals surface area contributed by atoms with E-state index in [2.05, 4.69) is 5.10 Å². The lowest BCUT2D eigenvalue weighted by atomic mass is 10.0. The Hall–Kier alpha value is -4.93. The number of nitrogens with zero attached hydrogens (tertiary/aromatic N) is 3. The quantitative estimate of drug-likeness (QED) is 0.484. The molecule has 0 aliphatic carbocycles. The Morgan fingerprint density at radius 3 is 2.11 bits per heavy atom. The third kappa shape index (κ3) is 5.06. The highest BCUT2D eigenvalue weighted by atomic mass is 16.5. The fourth-order valence-electron chi connectivity index (χ4n) is 3.89. The van der Waals surface area contributed by atoms with Gasteiger partial charge in [-0.1, -0.05) is 12.1 Å². The highest BCUT2D eigenvalue weighted by Gasteiger charge is 2.38. The first-order chi connectivity index (χ1) is 17.5. The molecular formula is C26H24N4O7. The van der Waals surface area contributed by atoms with Crippen molar-refractivity contribution in [3.63, 3.8) is 0 Å². The Labute approximate surface area is 211 Å². The van der Waals surface area contributed by atoms with Crippen molar-refractivity contribution in [3.8, 4) is 0 Å². The number of aromatic carboxylic acids is 2. The van der Waals surface area contributed by atoms with Crippen molar-refractivity contribution >= 4 is 35.2 Å². The second-order valence-corrected chi connectivity index (χ2v) is 9.06. The van der Waals surface area contributed by atoms with E-state index >= 15 is 0 Å². The summed E-state index contributed by atoms with van der Waals surface area (Å²) < 4.78 is 5.86. The lowest BCUT2D eigenvalue weighted by Gasteiger charge is -2.30. The first kappa shape index (κ1) is 25.2. The van der Waals surface area contributed by atoms with Gasteiger partial charge in [0.25, 0.3) is 11.8 Å². The van der Waals surface area contributed by atoms with Crippen molar-refractivity contribution in [2.75, 3.05) is 11.6 Å². The minimum atomic E-state index is -1.12. The molecule has 2 aromatic carbocycles. The van der Waals surface area contributed by atoms with E-state index < -0.39 is 29.3 Å². The van der Waals surface area contributed by atoms with Gasteiger partial charge >= 0.3 is 11.9 Å². The average molecular weight is 504 g/mol. The summed E-state index contributed by atoms with van der Waals surface area (Å²) in [6.45, 7) is 4.73. The number of carboxylic acids is 2. The maximum atomic E-state index is 13.1. The zero-order valence-corrected chi connectivity index (χ0v) is 20.0. The number of rotatable bonds is 7. The monoisotopic (exact) mass is 504 g/mol. The summed E-state index contributed by atoms with van der Waals surface area (Å²) in [5.74, 6) is -3.19. The number of hydrogen-bond acceptors (Lipinski definition) is 7. The van der Waals surface area contributed by atoms with E-state index in [0.29, 0.717) is 19.0 Å². The molecule has 4 N–H and O–H groups in total. The van der Waals surface area contributed by atoms with E-state index in [1.165, 1.54) is 42.5 Å². The Kier molecular flexibility index (Phi) is 6.54. The lowest BCUT2D eigenvalue weighted by Crippen LogP contribution is -2.38. The van der Waals surface area contributed by atoms with Gasteiger partial charge in [0.2, 0.25) is 0 Å². The molecule has 37 heavy (non-hydrogen) atoms. The van der Waals surface area contributed by atoms with Gasteiger partial charge in [0.05, 0.1) is 27.9 Å². The van der Waals surface area contributed by atoms with Gasteiger partial charge in [-0.2, -0.15) is 10.1 Å². The predicted octanol–water partition coefficient (Wildman–Crippen LogP) is 2.35. The van der Waals surface area contributed by atoms with Gasteiger partial charge in [0, 0.05) is 6.54 Å². The summed E-state index contributed by atoms with van der Waals surface area (Å²) >= 11 is 0. The highest BCUT2D eigenvalue weighted by molar-refractivity contribution is 6.54. The number of hydrogen-bond donors (Lipinski definition) is 3. The summed E-state index contributed by atoms with van der Waals surface area (Å²) in [5, 5.41) is 23.2. The second kappa shape index (κ2) is 9.61. The van der Waals surface area contributed by atoms with Crippen molar-refractivity contribution in [1.82, 2.24) is 4.90 Å². The van der Waals surface area contributed by atoms with Crippen LogP contribution in [0.1, 0.15) is 40.1 Å². The Balaban J connectivity index is 1.62. The first-order valence-electron chi connectivity index (χ1n) is 11.2. The summed E-state index contributed by atoms with van der Waals surface area (Å²) in [6.07, 6.45) is 2.97. The van der Waals surface area contributed by atoms with Gasteiger partial charge in [-0.05, 0) is 68.0 Å². The summed E-state index contributed by atoms with van der Waals surface area (Å²) in [6, 6.07) is 12.0. The third-order valence-electron chi connectivity index (χ3n) is 5.97. The molecule has 0 aromatic heterocycles. The smallest absolute Gasteiger partial charge is 0.335 e. The van der Waals surface area contributed by atoms with Gasteiger partial charge in [-0.25, -0.2) is 9.59 Å². The van der Waals surface area contributed by atoms with E-state index in [0.717, 1.165) is 10.6 Å². The van der Waals surface area contributed by atoms with Gasteiger partial charge in [0.15, 0.2) is 11.6 Å². The number of carbonyl (C=O) groups is 4. The topological polar surface area (TPSA) is 163 Å². The van der Waals surface area contributed by atoms with E-state index in [-0.39, 0.29) is 28.1 Å². The molecule has 1 saturated heterocycles. The fourth-order valence-corrected chi connectivity index (χ4v) is 3.89. The highest BCUT2D eigenvalue weighted by Crippen LogP contribution is 2.32. The molecule has 0 unspecified atom stereocenters. The molecule has 11 heteroatoms. The largest absolute Gasteiger partial charge is 0.478 e. The molecule has 190 valence electrons. The number of carbonyl (C=O) groups excluding carboxylic acids is 2. The molecular weight excluding hydrogens is 480 g/mol. The van der Waals surface area contributed by atoms with E-state index in [9.17, 15) is 19.2 Å². The van der Waals surface area contributed by atoms with Gasteiger partial charge in [-0.3, -0.25) is 9.59 Å². The standard InChI is InChI=1S/C26H24N4O7/c1-26(2)14-37-20(29(26)13-15-3-5-16(6-4-15)24(33)34)12-11-19-21(22(27)31)28-30(23(19)32)18-9-7-17(8-10-18)25(35)36/h3-12H,13-14H2,1-2H3,(H2,27,31)(H,33,34)(H,35,36). The van der Waals surface area contributed by atoms with Crippen LogP contribution in [-0.2, 0) is 20.9 Å². The maximum absolute atomic E-state index is 13.1. The predicted molar refractivity (Wildman–Crippen MR) is 133 cm³/mol. The molecule has 0 spiro atoms. The zero-order chi connectivity index (χ0) is 26.9. The molecule has 4 rings (SSSR count). The minimum absolute atomic E-state index is 0.0358. The number of carboxylic acid groups (broad SMARTS) is 2. The fraction of sp³-hybridized carbons (Fsp3) is 0.192. The molecule has 2 aliphatic rings. The van der Waals surface area contributed by atoms with Gasteiger partial charge in [-0.15, -0.1) is 0 Å². The van der Waals surface area contributed by atoms with Crippen molar-refractivity contribution in [2.45, 2.75) is 25.9 Å². The van der Waals surface area contributed by atoms with Gasteiger partial charge < -0.3 is 25.6 Å². The van der Waals surface area contributed by atoms with Crippen LogP contribution in [0.2, 0.25) is 0 Å². The molecule has 2 amide bonds. The molecule has 11 nitrogen and oxygen atoms in total. The number of allylic oxidation sites excluding steroid dienone is 2. The Morgan fingerprint density at radius 2 is 1.57 bits per heavy atom. The molecule has 1 fully saturated rings. The molecule has 0 radical (unpaired) electrons. The summed E-state index contributed by atoms with van der Waals surface area (Å²) in [5.41, 5.74) is 6.13. The second-order valence-electron chi connectivity index (χ2n) is 9.06. The number of anilines is 1. The Morgan fingerprint density at radius 1 is 1.00 bits per heavy atom. The molecule has 0 atom stereocenters. The lowest BCUT2D eigenvalue weighted by molar-refractivity contribution is -0.115. The van der Waals surface area contributed by atoms with Crippen LogP contribution in [-0.4, -0.2) is 56.7 Å². The number of nitrogens with two attached hydrogens (primary N) is 1. The Bertz CT molecular complexity index is 1370. The van der Waals surface area contributed by atoms with Crippen LogP contribution in [0, 0.1) is 0 Å². The SMILES string of the molecule is CC1(C)COC(=CC=C2C(=O)N(c3ccc(C(=O)O)cc3)N=C2C(N)=O)N1Cc1ccc(C(=O)O)cc1. The van der Waals surface area contributed by atoms with Crippen LogP contribution < -0.4 is 10.7 Å². The van der Waals surface area contributed by atoms with Crippen molar-refractivity contribution in [3.05, 3.63) is 88.8 Å². The van der Waals surface area contributed by atoms with Crippen molar-refractivity contribution < 1.29 is 34.1 Å². The first-order valence-corrected chi connectivity index (χ1v) is 11.2. The maximum Gasteiger partial charge on any atom is 0.335 e. The van der Waals surface area contributed by atoms with Crippen LogP contribution in [0.3, 0.4) is 0 Å². The third-order valence-corrected chi connectivity index (χ3v) is 5.97. The van der Waals surface area contributed by atoms with Crippen LogP contribution >= 0.6 is 0 Å². The number of ether oxygens (including phenoxy) is 1. The molecule has 2 aliphatic heterocycles. The van der Waals surface area contributed by atoms with Gasteiger partial charge in [0.1, 0.15) is 6.61 Å². The molecule has 2 aromatic rings. The van der Waals surface area contributed by atoms with Crippen LogP contribution in [0.5, 0.6) is 0 Å². The van der Waals surface area contributed by atoms with Crippen LogP contribution in [0.25, 0.3) is 0 Å². The number of amides is 2. The van der Waals surface area contributed by atoms with Crippen LogP contribution in [0.15, 0.2) is 77.2 Å². The van der Waals surface area contributed by atoms with E-state index in [1.54, 1.807) is 18.2 Å². The van der Waals surface area contributed by atoms with E-state index in [1.807, 2.05) is 18.7 Å². The summed E-state index contributed by atoms with van der Waals surface area (Å²) in [7, 11) is 0. The molecule has 2 heterocycles. The molecule has 0 saturated carbocycles. The normalized spacial score (nSPS) is 18.8.